The first-order valence-corrected chi connectivity index (χ1v) is 8.73. The maximum absolute atomic E-state index is 10.8. The molecule has 0 radical (unpaired) electrons. The Morgan fingerprint density at radius 1 is 1.42 bits per heavy atom. The lowest BCUT2D eigenvalue weighted by molar-refractivity contribution is -0.745. The Bertz CT molecular complexity index is 811. The van der Waals surface area contributed by atoms with Crippen LogP contribution in [0.1, 0.15) is 6.23 Å². The highest BCUT2D eigenvalue weighted by atomic mass is 32.1. The molecular formula is C11H15N4O7PS. The molecule has 0 saturated carbocycles. The van der Waals surface area contributed by atoms with E-state index in [1.807, 2.05) is 0 Å². The number of aromatic nitrogens is 4. The van der Waals surface area contributed by atoms with Gasteiger partial charge in [-0.3, -0.25) is 9.09 Å². The van der Waals surface area contributed by atoms with E-state index >= 15 is 0 Å². The van der Waals surface area contributed by atoms with Crippen molar-refractivity contribution in [3.8, 4) is 0 Å². The Labute approximate surface area is 141 Å². The van der Waals surface area contributed by atoms with Crippen LogP contribution in [-0.4, -0.2) is 59.5 Å². The first kappa shape index (κ1) is 17.6. The lowest BCUT2D eigenvalue weighted by atomic mass is 10.1. The number of nitrogens with zero attached hydrogens (tertiary/aromatic N) is 4. The second-order valence-electron chi connectivity index (χ2n) is 5.32. The van der Waals surface area contributed by atoms with Crippen LogP contribution in [0.5, 0.6) is 0 Å². The predicted molar refractivity (Wildman–Crippen MR) is 78.3 cm³/mol. The van der Waals surface area contributed by atoms with E-state index in [0.29, 0.717) is 16.2 Å². The fourth-order valence-corrected chi connectivity index (χ4v) is 3.23. The summed E-state index contributed by atoms with van der Waals surface area (Å²) in [4.78, 5) is 25.5. The van der Waals surface area contributed by atoms with Gasteiger partial charge in [-0.05, 0) is 5.03 Å². The van der Waals surface area contributed by atoms with Crippen molar-refractivity contribution in [2.45, 2.75) is 29.6 Å². The van der Waals surface area contributed by atoms with Crippen LogP contribution in [0.4, 0.5) is 0 Å². The fourth-order valence-electron chi connectivity index (χ4n) is 2.60. The summed E-state index contributed by atoms with van der Waals surface area (Å²) in [5, 5.41) is 20.6. The molecule has 0 aromatic carbocycles. The van der Waals surface area contributed by atoms with Gasteiger partial charge in [-0.25, -0.2) is 14.1 Å². The number of aliphatic hydroxyl groups excluding tert-OH is 2. The summed E-state index contributed by atoms with van der Waals surface area (Å²) in [6.07, 6.45) is -2.05. The Morgan fingerprint density at radius 3 is 2.79 bits per heavy atom. The van der Waals surface area contributed by atoms with Gasteiger partial charge in [0.1, 0.15) is 18.3 Å². The fraction of sp³-hybridized carbons (Fsp3) is 0.545. The van der Waals surface area contributed by atoms with Crippen LogP contribution in [0, 0.1) is 0 Å². The monoisotopic (exact) mass is 378 g/mol. The highest BCUT2D eigenvalue weighted by molar-refractivity contribution is 7.59. The van der Waals surface area contributed by atoms with Crippen molar-refractivity contribution in [2.24, 2.45) is 7.05 Å². The molecule has 2 aromatic heterocycles. The Morgan fingerprint density at radius 2 is 2.12 bits per heavy atom. The van der Waals surface area contributed by atoms with Gasteiger partial charge in [-0.2, -0.15) is 0 Å². The Balaban J connectivity index is 1.90. The highest BCUT2D eigenvalue weighted by Crippen LogP contribution is 2.37. The van der Waals surface area contributed by atoms with Crippen LogP contribution in [0.15, 0.2) is 17.7 Å². The highest BCUT2D eigenvalue weighted by Gasteiger charge is 2.47. The number of phosphoric ester groups is 1. The molecule has 3 heterocycles. The normalized spacial score (nSPS) is 27.9. The van der Waals surface area contributed by atoms with Gasteiger partial charge >= 0.3 is 13.5 Å². The zero-order valence-corrected chi connectivity index (χ0v) is 14.0. The average Bonchev–Trinajstić information content (AvgIpc) is 2.96. The quantitative estimate of drug-likeness (QED) is 0.201. The van der Waals surface area contributed by atoms with Crippen molar-refractivity contribution in [1.82, 2.24) is 14.5 Å². The van der Waals surface area contributed by atoms with E-state index in [2.05, 4.69) is 14.5 Å². The van der Waals surface area contributed by atoms with Crippen molar-refractivity contribution in [2.75, 3.05) is 6.61 Å². The minimum Gasteiger partial charge on any atom is -0.756 e. The van der Waals surface area contributed by atoms with E-state index in [4.69, 9.17) is 27.2 Å². The van der Waals surface area contributed by atoms with Gasteiger partial charge in [0.25, 0.3) is 0 Å². The Hall–Kier alpha value is -1.24. The van der Waals surface area contributed by atoms with Crippen molar-refractivity contribution >= 4 is 31.6 Å². The number of aliphatic hydroxyl groups is 2. The summed E-state index contributed by atoms with van der Waals surface area (Å²) in [6.45, 7) is -0.578. The zero-order valence-electron chi connectivity index (χ0n) is 12.3. The number of fused-ring (bicyclic) bond motifs is 1. The molecule has 4 N–H and O–H groups in total. The molecule has 132 valence electrons. The third kappa shape index (κ3) is 3.15. The van der Waals surface area contributed by atoms with Gasteiger partial charge in [-0.15, -0.1) is 0 Å². The molecule has 1 fully saturated rings. The van der Waals surface area contributed by atoms with E-state index in [0.717, 1.165) is 0 Å². The standard InChI is InChI=1S/C11H15N4O7PS/c1-14-4-15(9-6(14)10(24)13-3-12-9)11-8(17)7(16)5(22-11)2-21-23(18,19)20/h3-5,7-8,11,16-17H,2H2,1H3,(H2-,12,13,18,19,20,24)/t5-,7-,8-,11-/m1/s1. The van der Waals surface area contributed by atoms with E-state index in [-0.39, 0.29) is 0 Å². The summed E-state index contributed by atoms with van der Waals surface area (Å²) in [7, 11) is -3.00. The SMILES string of the molecule is Cn1c[n+]([C@@H]2O[C@H](COP(=O)(O)O)[C@@H](O)[C@H]2O)c2ncnc([S-])c21. The number of imidazole rings is 1. The lowest BCUT2D eigenvalue weighted by Gasteiger charge is -2.14. The van der Waals surface area contributed by atoms with Gasteiger partial charge < -0.3 is 37.4 Å². The first-order valence-electron chi connectivity index (χ1n) is 6.79. The van der Waals surface area contributed by atoms with Crippen molar-refractivity contribution in [1.29, 1.82) is 0 Å². The summed E-state index contributed by atoms with van der Waals surface area (Å²) < 4.78 is 23.8. The molecule has 1 saturated heterocycles. The van der Waals surface area contributed by atoms with Crippen molar-refractivity contribution in [3.63, 3.8) is 0 Å². The molecule has 4 atom stereocenters. The second kappa shape index (κ2) is 6.24. The predicted octanol–water partition coefficient (Wildman–Crippen LogP) is -2.11. The van der Waals surface area contributed by atoms with E-state index < -0.39 is 39.0 Å². The maximum Gasteiger partial charge on any atom is 0.469 e. The Kier molecular flexibility index (Phi) is 4.57. The summed E-state index contributed by atoms with van der Waals surface area (Å²) in [5.41, 5.74) is 0.943. The zero-order chi connectivity index (χ0) is 17.6. The molecule has 0 unspecified atom stereocenters. The van der Waals surface area contributed by atoms with Gasteiger partial charge in [0, 0.05) is 0 Å². The smallest absolute Gasteiger partial charge is 0.469 e. The average molecular weight is 378 g/mol. The molecule has 3 rings (SSSR count). The van der Waals surface area contributed by atoms with Crippen LogP contribution in [0.25, 0.3) is 11.2 Å². The van der Waals surface area contributed by atoms with Gasteiger partial charge in [-0.1, -0.05) is 4.98 Å². The summed E-state index contributed by atoms with van der Waals surface area (Å²) >= 11 is 5.14. The molecule has 24 heavy (non-hydrogen) atoms. The third-order valence-electron chi connectivity index (χ3n) is 3.68. The maximum atomic E-state index is 10.8. The summed E-state index contributed by atoms with van der Waals surface area (Å²) in [5.74, 6) is 0. The van der Waals surface area contributed by atoms with E-state index in [9.17, 15) is 14.8 Å². The molecule has 13 heteroatoms. The van der Waals surface area contributed by atoms with E-state index in [1.54, 1.807) is 17.9 Å². The van der Waals surface area contributed by atoms with Gasteiger partial charge in [0.2, 0.25) is 6.23 Å². The molecule has 0 bridgehead atoms. The summed E-state index contributed by atoms with van der Waals surface area (Å²) in [6, 6.07) is 0. The van der Waals surface area contributed by atoms with E-state index in [1.165, 1.54) is 10.9 Å². The van der Waals surface area contributed by atoms with Crippen LogP contribution in [-0.2, 0) is 33.5 Å². The number of hydrogen-bond donors (Lipinski definition) is 4. The molecule has 0 amide bonds. The van der Waals surface area contributed by atoms with Crippen LogP contribution in [0.3, 0.4) is 0 Å². The largest absolute Gasteiger partial charge is 0.756 e. The number of phosphoric acid groups is 1. The van der Waals surface area contributed by atoms with Crippen LogP contribution in [0.2, 0.25) is 0 Å². The minimum atomic E-state index is -4.72. The van der Waals surface area contributed by atoms with Crippen molar-refractivity contribution in [3.05, 3.63) is 12.7 Å². The van der Waals surface area contributed by atoms with Crippen LogP contribution >= 0.6 is 7.82 Å². The number of aryl methyl sites for hydroxylation is 1. The molecule has 1 aliphatic rings. The minimum absolute atomic E-state index is 0.315. The number of rotatable bonds is 4. The second-order valence-corrected chi connectivity index (χ2v) is 6.94. The molecule has 1 aliphatic heterocycles. The molecule has 0 aliphatic carbocycles. The number of ether oxygens (including phenoxy) is 1. The molecule has 11 nitrogen and oxygen atoms in total. The number of hydrogen-bond acceptors (Lipinski definition) is 8. The van der Waals surface area contributed by atoms with Crippen molar-refractivity contribution < 1.29 is 38.4 Å². The molecule has 2 aromatic rings. The topological polar surface area (TPSA) is 151 Å². The first-order chi connectivity index (χ1) is 11.2. The third-order valence-corrected chi connectivity index (χ3v) is 4.47. The molecular weight excluding hydrogens is 363 g/mol. The van der Waals surface area contributed by atoms with Gasteiger partial charge in [0.05, 0.1) is 13.7 Å². The van der Waals surface area contributed by atoms with Crippen LogP contribution < -0.4 is 4.57 Å². The molecule has 0 spiro atoms. The van der Waals surface area contributed by atoms with Gasteiger partial charge in [0.15, 0.2) is 18.2 Å². The lowest BCUT2D eigenvalue weighted by Crippen LogP contribution is -2.45.